The molecule has 1 amide bonds. The van der Waals surface area contributed by atoms with E-state index >= 15 is 0 Å². The molecule has 0 spiro atoms. The average molecular weight is 266 g/mol. The molecule has 2 heterocycles. The standard InChI is InChI=1S/C13H19FN4O/c14-11-2-3-12(16-10-11)13(19)18-8-6-17(7-9-18)5-1-4-15/h2-3,10H,1,4-9,15H2. The highest BCUT2D eigenvalue weighted by Crippen LogP contribution is 2.08. The molecule has 1 aliphatic heterocycles. The van der Waals surface area contributed by atoms with E-state index in [1.165, 1.54) is 12.1 Å². The van der Waals surface area contributed by atoms with Gasteiger partial charge in [-0.15, -0.1) is 0 Å². The number of hydrogen-bond donors (Lipinski definition) is 1. The van der Waals surface area contributed by atoms with Crippen molar-refractivity contribution < 1.29 is 9.18 Å². The maximum absolute atomic E-state index is 12.8. The van der Waals surface area contributed by atoms with Crippen LogP contribution in [0.2, 0.25) is 0 Å². The van der Waals surface area contributed by atoms with Crippen molar-refractivity contribution >= 4 is 5.91 Å². The van der Waals surface area contributed by atoms with Gasteiger partial charge < -0.3 is 10.6 Å². The summed E-state index contributed by atoms with van der Waals surface area (Å²) in [5.41, 5.74) is 5.78. The normalized spacial score (nSPS) is 16.6. The van der Waals surface area contributed by atoms with Crippen LogP contribution in [0, 0.1) is 5.82 Å². The largest absolute Gasteiger partial charge is 0.335 e. The summed E-state index contributed by atoms with van der Waals surface area (Å²) >= 11 is 0. The van der Waals surface area contributed by atoms with E-state index in [1.807, 2.05) is 0 Å². The molecule has 0 bridgehead atoms. The first kappa shape index (κ1) is 13.9. The molecule has 19 heavy (non-hydrogen) atoms. The fraction of sp³-hybridized carbons (Fsp3) is 0.538. The first-order valence-electron chi connectivity index (χ1n) is 6.54. The highest BCUT2D eigenvalue weighted by molar-refractivity contribution is 5.92. The quantitative estimate of drug-likeness (QED) is 0.853. The molecular formula is C13H19FN4O. The van der Waals surface area contributed by atoms with E-state index < -0.39 is 5.82 Å². The Bertz CT molecular complexity index is 415. The number of carbonyl (C=O) groups is 1. The highest BCUT2D eigenvalue weighted by Gasteiger charge is 2.22. The molecule has 1 aromatic rings. The molecule has 0 aromatic carbocycles. The van der Waals surface area contributed by atoms with Crippen molar-refractivity contribution in [2.45, 2.75) is 6.42 Å². The van der Waals surface area contributed by atoms with Crippen LogP contribution in [-0.2, 0) is 0 Å². The number of nitrogens with two attached hydrogens (primary N) is 1. The number of pyridine rings is 1. The fourth-order valence-corrected chi connectivity index (χ4v) is 2.15. The zero-order chi connectivity index (χ0) is 13.7. The Morgan fingerprint density at radius 3 is 2.63 bits per heavy atom. The molecule has 0 radical (unpaired) electrons. The van der Waals surface area contributed by atoms with Crippen molar-refractivity contribution in [3.63, 3.8) is 0 Å². The molecule has 6 heteroatoms. The predicted octanol–water partition coefficient (Wildman–Crippen LogP) is 0.327. The number of amides is 1. The van der Waals surface area contributed by atoms with Crippen LogP contribution in [0.1, 0.15) is 16.9 Å². The second-order valence-corrected chi connectivity index (χ2v) is 4.64. The molecule has 104 valence electrons. The van der Waals surface area contributed by atoms with E-state index in [1.54, 1.807) is 4.90 Å². The Hall–Kier alpha value is -1.53. The van der Waals surface area contributed by atoms with Crippen molar-refractivity contribution in [3.05, 3.63) is 29.8 Å². The number of nitrogens with zero attached hydrogens (tertiary/aromatic N) is 3. The number of hydrogen-bond acceptors (Lipinski definition) is 4. The number of rotatable bonds is 4. The second kappa shape index (κ2) is 6.58. The topological polar surface area (TPSA) is 62.5 Å². The van der Waals surface area contributed by atoms with Gasteiger partial charge in [0.05, 0.1) is 6.20 Å². The molecule has 0 aliphatic carbocycles. The van der Waals surface area contributed by atoms with Gasteiger partial charge in [-0.2, -0.15) is 0 Å². The number of aromatic nitrogens is 1. The van der Waals surface area contributed by atoms with E-state index in [-0.39, 0.29) is 5.91 Å². The monoisotopic (exact) mass is 266 g/mol. The van der Waals surface area contributed by atoms with Crippen LogP contribution in [0.25, 0.3) is 0 Å². The average Bonchev–Trinajstić information content (AvgIpc) is 2.46. The summed E-state index contributed by atoms with van der Waals surface area (Å²) in [6, 6.07) is 2.69. The molecule has 1 fully saturated rings. The van der Waals surface area contributed by atoms with Crippen LogP contribution in [0.5, 0.6) is 0 Å². The Balaban J connectivity index is 1.87. The van der Waals surface area contributed by atoms with Crippen LogP contribution in [0.3, 0.4) is 0 Å². The van der Waals surface area contributed by atoms with Crippen LogP contribution >= 0.6 is 0 Å². The van der Waals surface area contributed by atoms with Gasteiger partial charge >= 0.3 is 0 Å². The van der Waals surface area contributed by atoms with Crippen molar-refractivity contribution in [2.24, 2.45) is 5.73 Å². The Labute approximate surface area is 112 Å². The molecule has 5 nitrogen and oxygen atoms in total. The molecular weight excluding hydrogens is 247 g/mol. The van der Waals surface area contributed by atoms with E-state index in [4.69, 9.17) is 5.73 Å². The van der Waals surface area contributed by atoms with E-state index in [0.29, 0.717) is 25.3 Å². The minimum absolute atomic E-state index is 0.126. The van der Waals surface area contributed by atoms with Crippen molar-refractivity contribution in [1.82, 2.24) is 14.8 Å². The van der Waals surface area contributed by atoms with Crippen LogP contribution < -0.4 is 5.73 Å². The van der Waals surface area contributed by atoms with Gasteiger partial charge in [0.15, 0.2) is 0 Å². The Kier molecular flexibility index (Phi) is 4.81. The lowest BCUT2D eigenvalue weighted by atomic mass is 10.2. The van der Waals surface area contributed by atoms with E-state index in [9.17, 15) is 9.18 Å². The summed E-state index contributed by atoms with van der Waals surface area (Å²) in [5.74, 6) is -0.554. The predicted molar refractivity (Wildman–Crippen MR) is 70.2 cm³/mol. The summed E-state index contributed by atoms with van der Waals surface area (Å²) in [7, 11) is 0. The maximum atomic E-state index is 12.8. The van der Waals surface area contributed by atoms with Gasteiger partial charge in [0, 0.05) is 26.2 Å². The third-order valence-corrected chi connectivity index (χ3v) is 3.28. The molecule has 0 unspecified atom stereocenters. The fourth-order valence-electron chi connectivity index (χ4n) is 2.15. The lowest BCUT2D eigenvalue weighted by Crippen LogP contribution is -2.49. The van der Waals surface area contributed by atoms with Gasteiger partial charge in [0.2, 0.25) is 0 Å². The van der Waals surface area contributed by atoms with E-state index in [2.05, 4.69) is 9.88 Å². The third-order valence-electron chi connectivity index (χ3n) is 3.28. The van der Waals surface area contributed by atoms with Crippen LogP contribution in [0.15, 0.2) is 18.3 Å². The SMILES string of the molecule is NCCCN1CCN(C(=O)c2ccc(F)cn2)CC1. The first-order valence-corrected chi connectivity index (χ1v) is 6.54. The zero-order valence-corrected chi connectivity index (χ0v) is 10.9. The van der Waals surface area contributed by atoms with Crippen LogP contribution in [0.4, 0.5) is 4.39 Å². The van der Waals surface area contributed by atoms with Crippen molar-refractivity contribution in [1.29, 1.82) is 0 Å². The van der Waals surface area contributed by atoms with Gasteiger partial charge in [-0.25, -0.2) is 9.37 Å². The lowest BCUT2D eigenvalue weighted by molar-refractivity contribution is 0.0631. The molecule has 2 N–H and O–H groups in total. The minimum Gasteiger partial charge on any atom is -0.335 e. The number of halogens is 1. The molecule has 1 aliphatic rings. The third kappa shape index (κ3) is 3.71. The smallest absolute Gasteiger partial charge is 0.272 e. The Morgan fingerprint density at radius 2 is 2.05 bits per heavy atom. The summed E-state index contributed by atoms with van der Waals surface area (Å²) in [5, 5.41) is 0. The molecule has 0 atom stereocenters. The summed E-state index contributed by atoms with van der Waals surface area (Å²) < 4.78 is 12.8. The van der Waals surface area contributed by atoms with Crippen molar-refractivity contribution in [3.8, 4) is 0 Å². The summed E-state index contributed by atoms with van der Waals surface area (Å²) in [4.78, 5) is 20.0. The molecule has 2 rings (SSSR count). The highest BCUT2D eigenvalue weighted by atomic mass is 19.1. The van der Waals surface area contributed by atoms with Crippen LogP contribution in [-0.4, -0.2) is 60.0 Å². The summed E-state index contributed by atoms with van der Waals surface area (Å²) in [6.07, 6.45) is 2.05. The molecule has 1 saturated heterocycles. The lowest BCUT2D eigenvalue weighted by Gasteiger charge is -2.34. The van der Waals surface area contributed by atoms with Gasteiger partial charge in [-0.1, -0.05) is 0 Å². The molecule has 1 aromatic heterocycles. The van der Waals surface area contributed by atoms with Gasteiger partial charge in [-0.05, 0) is 31.6 Å². The summed E-state index contributed by atoms with van der Waals surface area (Å²) in [6.45, 7) is 4.75. The Morgan fingerprint density at radius 1 is 1.32 bits per heavy atom. The molecule has 0 saturated carbocycles. The maximum Gasteiger partial charge on any atom is 0.272 e. The number of piperazine rings is 1. The zero-order valence-electron chi connectivity index (χ0n) is 10.9. The second-order valence-electron chi connectivity index (χ2n) is 4.64. The minimum atomic E-state index is -0.428. The van der Waals surface area contributed by atoms with Gasteiger partial charge in [-0.3, -0.25) is 9.69 Å². The van der Waals surface area contributed by atoms with Crippen molar-refractivity contribution in [2.75, 3.05) is 39.3 Å². The first-order chi connectivity index (χ1) is 9.20. The number of carbonyl (C=O) groups excluding carboxylic acids is 1. The van der Waals surface area contributed by atoms with E-state index in [0.717, 1.165) is 32.3 Å². The van der Waals surface area contributed by atoms with Gasteiger partial charge in [0.1, 0.15) is 11.5 Å². The van der Waals surface area contributed by atoms with Gasteiger partial charge in [0.25, 0.3) is 5.91 Å².